The van der Waals surface area contributed by atoms with Gasteiger partial charge in [0.1, 0.15) is 11.5 Å². The Labute approximate surface area is 174 Å². The van der Waals surface area contributed by atoms with Gasteiger partial charge in [-0.1, -0.05) is 42.5 Å². The van der Waals surface area contributed by atoms with Crippen LogP contribution in [0.2, 0.25) is 0 Å². The molecule has 0 bridgehead atoms. The van der Waals surface area contributed by atoms with Crippen LogP contribution in [0.5, 0.6) is 11.5 Å². The van der Waals surface area contributed by atoms with Gasteiger partial charge in [-0.15, -0.1) is 5.10 Å². The van der Waals surface area contributed by atoms with Crippen molar-refractivity contribution in [2.75, 3.05) is 19.5 Å². The third-order valence-corrected chi connectivity index (χ3v) is 4.86. The van der Waals surface area contributed by atoms with E-state index < -0.39 is 0 Å². The lowest BCUT2D eigenvalue weighted by atomic mass is 10.0. The second kappa shape index (κ2) is 8.65. The molecule has 0 aliphatic heterocycles. The minimum atomic E-state index is -0.143. The van der Waals surface area contributed by atoms with Crippen LogP contribution in [0.15, 0.2) is 60.7 Å². The number of aromatic nitrogens is 3. The quantitative estimate of drug-likeness (QED) is 0.483. The van der Waals surface area contributed by atoms with Crippen LogP contribution in [0.1, 0.15) is 12.0 Å². The van der Waals surface area contributed by atoms with Gasteiger partial charge in [0.15, 0.2) is 5.82 Å². The molecule has 2 N–H and O–H groups in total. The van der Waals surface area contributed by atoms with Gasteiger partial charge in [0.05, 0.1) is 19.8 Å². The lowest BCUT2D eigenvalue weighted by molar-refractivity contribution is -0.116. The number of aromatic amines is 1. The van der Waals surface area contributed by atoms with Crippen molar-refractivity contribution in [3.05, 3.63) is 66.2 Å². The minimum Gasteiger partial charge on any atom is -0.497 e. The maximum atomic E-state index is 12.4. The number of carbonyl (C=O) groups is 1. The van der Waals surface area contributed by atoms with E-state index in [0.29, 0.717) is 30.2 Å². The Balaban J connectivity index is 1.40. The molecular formula is C23H22N4O3. The standard InChI is InChI=1S/C23H22N4O3/c1-29-18-10-11-19(20(14-18)30-2)22-25-23(27-26-22)24-21(28)12-8-15-7-9-16-5-3-4-6-17(16)13-15/h3-7,9-11,13-14H,8,12H2,1-2H3,(H2,24,25,26,27,28). The number of fused-ring (bicyclic) bond motifs is 1. The number of methoxy groups -OCH3 is 2. The monoisotopic (exact) mass is 402 g/mol. The zero-order chi connectivity index (χ0) is 20.9. The van der Waals surface area contributed by atoms with Gasteiger partial charge in [-0.2, -0.15) is 4.98 Å². The van der Waals surface area contributed by atoms with Crippen LogP contribution in [0, 0.1) is 0 Å². The van der Waals surface area contributed by atoms with E-state index in [4.69, 9.17) is 9.47 Å². The van der Waals surface area contributed by atoms with Crippen LogP contribution in [-0.2, 0) is 11.2 Å². The number of carbonyl (C=O) groups excluding carboxylic acids is 1. The number of rotatable bonds is 7. The molecule has 0 unspecified atom stereocenters. The maximum Gasteiger partial charge on any atom is 0.249 e. The van der Waals surface area contributed by atoms with E-state index in [1.54, 1.807) is 20.3 Å². The molecule has 4 rings (SSSR count). The molecule has 0 aliphatic carbocycles. The fourth-order valence-corrected chi connectivity index (χ4v) is 3.27. The number of H-pyrrole nitrogens is 1. The molecule has 1 amide bonds. The number of hydrogen-bond donors (Lipinski definition) is 2. The molecule has 3 aromatic carbocycles. The molecule has 152 valence electrons. The van der Waals surface area contributed by atoms with E-state index in [0.717, 1.165) is 11.1 Å². The zero-order valence-electron chi connectivity index (χ0n) is 16.8. The lowest BCUT2D eigenvalue weighted by Crippen LogP contribution is -2.13. The molecule has 1 aromatic heterocycles. The van der Waals surface area contributed by atoms with Gasteiger partial charge in [-0.25, -0.2) is 0 Å². The van der Waals surface area contributed by atoms with Crippen LogP contribution in [-0.4, -0.2) is 35.3 Å². The van der Waals surface area contributed by atoms with Gasteiger partial charge in [-0.05, 0) is 34.9 Å². The number of aryl methyl sites for hydroxylation is 1. The Morgan fingerprint density at radius 1 is 1.00 bits per heavy atom. The van der Waals surface area contributed by atoms with Gasteiger partial charge in [-0.3, -0.25) is 15.2 Å². The summed E-state index contributed by atoms with van der Waals surface area (Å²) < 4.78 is 10.6. The molecule has 0 saturated carbocycles. The van der Waals surface area contributed by atoms with E-state index in [1.165, 1.54) is 10.8 Å². The van der Waals surface area contributed by atoms with E-state index in [9.17, 15) is 4.79 Å². The number of amides is 1. The largest absolute Gasteiger partial charge is 0.497 e. The highest BCUT2D eigenvalue weighted by Gasteiger charge is 2.13. The smallest absolute Gasteiger partial charge is 0.249 e. The molecule has 0 saturated heterocycles. The van der Waals surface area contributed by atoms with Gasteiger partial charge in [0.25, 0.3) is 0 Å². The van der Waals surface area contributed by atoms with Crippen LogP contribution in [0.3, 0.4) is 0 Å². The predicted molar refractivity (Wildman–Crippen MR) is 116 cm³/mol. The van der Waals surface area contributed by atoms with Gasteiger partial charge >= 0.3 is 0 Å². The lowest BCUT2D eigenvalue weighted by Gasteiger charge is -2.07. The molecule has 0 fully saturated rings. The fraction of sp³-hybridized carbons (Fsp3) is 0.174. The Bertz CT molecular complexity index is 1190. The molecule has 7 heteroatoms. The van der Waals surface area contributed by atoms with E-state index in [1.807, 2.05) is 24.3 Å². The predicted octanol–water partition coefficient (Wildman–Crippen LogP) is 4.21. The Hall–Kier alpha value is -3.87. The molecule has 30 heavy (non-hydrogen) atoms. The van der Waals surface area contributed by atoms with Crippen molar-refractivity contribution >= 4 is 22.6 Å². The molecule has 7 nitrogen and oxygen atoms in total. The number of nitrogens with zero attached hydrogens (tertiary/aromatic N) is 2. The summed E-state index contributed by atoms with van der Waals surface area (Å²) in [5.74, 6) is 1.86. The number of nitrogens with one attached hydrogen (secondary N) is 2. The molecule has 1 heterocycles. The summed E-state index contributed by atoms with van der Waals surface area (Å²) in [6, 6.07) is 19.8. The van der Waals surface area contributed by atoms with Crippen molar-refractivity contribution in [1.29, 1.82) is 0 Å². The third kappa shape index (κ3) is 4.25. The zero-order valence-corrected chi connectivity index (χ0v) is 16.8. The number of hydrogen-bond acceptors (Lipinski definition) is 5. The van der Waals surface area contributed by atoms with Gasteiger partial charge < -0.3 is 9.47 Å². The summed E-state index contributed by atoms with van der Waals surface area (Å²) in [7, 11) is 3.17. The van der Waals surface area contributed by atoms with Crippen molar-refractivity contribution < 1.29 is 14.3 Å². The van der Waals surface area contributed by atoms with Crippen LogP contribution in [0.25, 0.3) is 22.2 Å². The first-order chi connectivity index (χ1) is 14.7. The summed E-state index contributed by atoms with van der Waals surface area (Å²) >= 11 is 0. The van der Waals surface area contributed by atoms with Crippen molar-refractivity contribution in [2.45, 2.75) is 12.8 Å². The Kier molecular flexibility index (Phi) is 5.61. The van der Waals surface area contributed by atoms with E-state index in [2.05, 4.69) is 50.8 Å². The van der Waals surface area contributed by atoms with E-state index >= 15 is 0 Å². The molecule has 0 spiro atoms. The summed E-state index contributed by atoms with van der Waals surface area (Å²) in [5.41, 5.74) is 1.84. The second-order valence-corrected chi connectivity index (χ2v) is 6.80. The second-order valence-electron chi connectivity index (χ2n) is 6.80. The summed E-state index contributed by atoms with van der Waals surface area (Å²) in [6.07, 6.45) is 0.980. The van der Waals surface area contributed by atoms with Gasteiger partial charge in [0, 0.05) is 12.5 Å². The molecule has 0 aliphatic rings. The van der Waals surface area contributed by atoms with Crippen LogP contribution < -0.4 is 14.8 Å². The average molecular weight is 402 g/mol. The first-order valence-electron chi connectivity index (χ1n) is 9.58. The fourth-order valence-electron chi connectivity index (χ4n) is 3.27. The first-order valence-corrected chi connectivity index (χ1v) is 9.58. The molecular weight excluding hydrogens is 380 g/mol. The van der Waals surface area contributed by atoms with Crippen molar-refractivity contribution in [3.63, 3.8) is 0 Å². The SMILES string of the molecule is COc1ccc(-c2nc(NC(=O)CCc3ccc4ccccc4c3)n[nH]2)c(OC)c1. The first kappa shape index (κ1) is 19.4. The highest BCUT2D eigenvalue weighted by Crippen LogP contribution is 2.31. The third-order valence-electron chi connectivity index (χ3n) is 4.86. The van der Waals surface area contributed by atoms with Crippen molar-refractivity contribution in [2.24, 2.45) is 0 Å². The highest BCUT2D eigenvalue weighted by atomic mass is 16.5. The Morgan fingerprint density at radius 2 is 1.83 bits per heavy atom. The summed E-state index contributed by atoms with van der Waals surface area (Å²) in [5, 5.41) is 12.0. The molecule has 4 aromatic rings. The number of anilines is 1. The maximum absolute atomic E-state index is 12.4. The molecule has 0 atom stereocenters. The number of ether oxygens (including phenoxy) is 2. The van der Waals surface area contributed by atoms with Gasteiger partial charge in [0.2, 0.25) is 11.9 Å². The topological polar surface area (TPSA) is 89.1 Å². The normalized spacial score (nSPS) is 10.7. The van der Waals surface area contributed by atoms with Crippen LogP contribution in [0.4, 0.5) is 5.95 Å². The van der Waals surface area contributed by atoms with Crippen LogP contribution >= 0.6 is 0 Å². The summed E-state index contributed by atoms with van der Waals surface area (Å²) in [4.78, 5) is 16.7. The van der Waals surface area contributed by atoms with Crippen molar-refractivity contribution in [1.82, 2.24) is 15.2 Å². The average Bonchev–Trinajstić information content (AvgIpc) is 3.25. The summed E-state index contributed by atoms with van der Waals surface area (Å²) in [6.45, 7) is 0. The highest BCUT2D eigenvalue weighted by molar-refractivity contribution is 5.89. The van der Waals surface area contributed by atoms with Crippen molar-refractivity contribution in [3.8, 4) is 22.9 Å². The minimum absolute atomic E-state index is 0.143. The number of benzene rings is 3. The Morgan fingerprint density at radius 3 is 2.63 bits per heavy atom. The van der Waals surface area contributed by atoms with E-state index in [-0.39, 0.29) is 11.9 Å². The molecule has 0 radical (unpaired) electrons.